The number of carbonyl (C=O) groups is 1. The molecule has 128 valence electrons. The first-order chi connectivity index (χ1) is 12.3. The molecule has 3 heterocycles. The van der Waals surface area contributed by atoms with Crippen molar-refractivity contribution in [2.24, 2.45) is 5.92 Å². The Bertz CT molecular complexity index is 877. The van der Waals surface area contributed by atoms with Crippen molar-refractivity contribution in [2.45, 2.75) is 12.3 Å². The van der Waals surface area contributed by atoms with Crippen molar-refractivity contribution in [3.8, 4) is 0 Å². The van der Waals surface area contributed by atoms with Crippen molar-refractivity contribution in [2.75, 3.05) is 19.7 Å². The highest BCUT2D eigenvalue weighted by Crippen LogP contribution is 2.33. The summed E-state index contributed by atoms with van der Waals surface area (Å²) in [5.41, 5.74) is 2.50. The van der Waals surface area contributed by atoms with Crippen LogP contribution < -0.4 is 0 Å². The normalized spacial score (nSPS) is 20.8. The van der Waals surface area contributed by atoms with Crippen molar-refractivity contribution in [3.05, 3.63) is 66.2 Å². The van der Waals surface area contributed by atoms with Gasteiger partial charge in [-0.1, -0.05) is 30.3 Å². The predicted octanol–water partition coefficient (Wildman–Crippen LogP) is 1.97. The number of amides is 1. The number of fused-ring (bicyclic) bond motifs is 1. The molecule has 0 bridgehead atoms. The van der Waals surface area contributed by atoms with Gasteiger partial charge in [0.05, 0.1) is 23.5 Å². The molecule has 25 heavy (non-hydrogen) atoms. The second-order valence-electron chi connectivity index (χ2n) is 6.46. The quantitative estimate of drug-likeness (QED) is 0.794. The van der Waals surface area contributed by atoms with E-state index in [0.29, 0.717) is 24.2 Å². The van der Waals surface area contributed by atoms with Crippen molar-refractivity contribution >= 4 is 11.4 Å². The van der Waals surface area contributed by atoms with Crippen LogP contribution in [0, 0.1) is 5.92 Å². The van der Waals surface area contributed by atoms with Crippen LogP contribution in [0.1, 0.15) is 28.3 Å². The number of hydrogen-bond donors (Lipinski definition) is 1. The molecule has 3 aromatic rings. The fraction of sp³-hybridized carbons (Fsp3) is 0.316. The van der Waals surface area contributed by atoms with Gasteiger partial charge in [0.25, 0.3) is 5.91 Å². The van der Waals surface area contributed by atoms with Crippen LogP contribution >= 0.6 is 0 Å². The van der Waals surface area contributed by atoms with Crippen LogP contribution in [0.5, 0.6) is 0 Å². The van der Waals surface area contributed by atoms with Gasteiger partial charge in [-0.05, 0) is 17.9 Å². The Morgan fingerprint density at radius 3 is 2.88 bits per heavy atom. The van der Waals surface area contributed by atoms with Crippen LogP contribution in [0.25, 0.3) is 5.52 Å². The molecule has 0 aliphatic carbocycles. The molecule has 6 nitrogen and oxygen atoms in total. The molecule has 1 aliphatic heterocycles. The maximum absolute atomic E-state index is 12.9. The number of aliphatic hydroxyl groups is 1. The van der Waals surface area contributed by atoms with Gasteiger partial charge in [0.1, 0.15) is 0 Å². The van der Waals surface area contributed by atoms with Crippen LogP contribution in [0.4, 0.5) is 0 Å². The monoisotopic (exact) mass is 336 g/mol. The fourth-order valence-corrected chi connectivity index (χ4v) is 3.71. The number of hydrogen-bond acceptors (Lipinski definition) is 4. The van der Waals surface area contributed by atoms with E-state index in [4.69, 9.17) is 0 Å². The highest BCUT2D eigenvalue weighted by Gasteiger charge is 2.33. The SMILES string of the molecule is O=C(c1cnn2ccncc12)N1CC[C@@H](c2ccccc2)[C@@H](CO)C1. The largest absolute Gasteiger partial charge is 0.396 e. The third-order valence-electron chi connectivity index (χ3n) is 5.04. The van der Waals surface area contributed by atoms with Gasteiger partial charge in [0, 0.05) is 38.0 Å². The molecule has 1 aromatic carbocycles. The minimum absolute atomic E-state index is 0.0417. The van der Waals surface area contributed by atoms with Crippen molar-refractivity contribution in [1.82, 2.24) is 19.5 Å². The zero-order valence-electron chi connectivity index (χ0n) is 13.8. The minimum atomic E-state index is -0.0482. The lowest BCUT2D eigenvalue weighted by Gasteiger charge is -2.38. The third-order valence-corrected chi connectivity index (χ3v) is 5.04. The van der Waals surface area contributed by atoms with Crippen LogP contribution in [-0.2, 0) is 0 Å². The molecule has 0 saturated carbocycles. The molecule has 1 amide bonds. The van der Waals surface area contributed by atoms with Crippen LogP contribution in [0.15, 0.2) is 55.1 Å². The minimum Gasteiger partial charge on any atom is -0.396 e. The number of aliphatic hydroxyl groups excluding tert-OH is 1. The second-order valence-corrected chi connectivity index (χ2v) is 6.46. The summed E-state index contributed by atoms with van der Waals surface area (Å²) in [7, 11) is 0. The molecular formula is C19H20N4O2. The standard InChI is InChI=1S/C19H20N4O2/c24-13-15-12-22(8-6-16(15)14-4-2-1-3-5-14)19(25)17-10-21-23-9-7-20-11-18(17)23/h1-5,7,9-11,15-16,24H,6,8,12-13H2/t15-,16+/m1/s1. The summed E-state index contributed by atoms with van der Waals surface area (Å²) in [5.74, 6) is 0.272. The number of piperidine rings is 1. The Labute approximate surface area is 145 Å². The lowest BCUT2D eigenvalue weighted by molar-refractivity contribution is 0.0580. The van der Waals surface area contributed by atoms with Gasteiger partial charge in [0.2, 0.25) is 0 Å². The van der Waals surface area contributed by atoms with E-state index >= 15 is 0 Å². The molecule has 1 aliphatic rings. The number of rotatable bonds is 3. The van der Waals surface area contributed by atoms with E-state index in [1.807, 2.05) is 23.1 Å². The maximum atomic E-state index is 12.9. The maximum Gasteiger partial charge on any atom is 0.257 e. The van der Waals surface area contributed by atoms with Crippen LogP contribution in [-0.4, -0.2) is 50.2 Å². The summed E-state index contributed by atoms with van der Waals surface area (Å²) in [4.78, 5) is 18.9. The van der Waals surface area contributed by atoms with Gasteiger partial charge in [0.15, 0.2) is 0 Å². The summed E-state index contributed by atoms with van der Waals surface area (Å²) < 4.78 is 1.65. The number of aromatic nitrogens is 3. The molecule has 0 radical (unpaired) electrons. The zero-order valence-corrected chi connectivity index (χ0v) is 13.8. The average Bonchev–Trinajstić information content (AvgIpc) is 3.11. The summed E-state index contributed by atoms with van der Waals surface area (Å²) in [6.07, 6.45) is 7.46. The van der Waals surface area contributed by atoms with Crippen LogP contribution in [0.2, 0.25) is 0 Å². The first kappa shape index (κ1) is 15.8. The van der Waals surface area contributed by atoms with E-state index in [1.165, 1.54) is 5.56 Å². The van der Waals surface area contributed by atoms with E-state index in [9.17, 15) is 9.90 Å². The molecular weight excluding hydrogens is 316 g/mol. The van der Waals surface area contributed by atoms with Crippen molar-refractivity contribution < 1.29 is 9.90 Å². The number of carbonyl (C=O) groups excluding carboxylic acids is 1. The van der Waals surface area contributed by atoms with E-state index in [0.717, 1.165) is 6.42 Å². The smallest absolute Gasteiger partial charge is 0.257 e. The Balaban J connectivity index is 1.56. The lowest BCUT2D eigenvalue weighted by atomic mass is 9.81. The highest BCUT2D eigenvalue weighted by molar-refractivity contribution is 6.00. The summed E-state index contributed by atoms with van der Waals surface area (Å²) in [5, 5.41) is 14.1. The van der Waals surface area contributed by atoms with E-state index in [-0.39, 0.29) is 24.3 Å². The summed E-state index contributed by atoms with van der Waals surface area (Å²) in [6.45, 7) is 1.29. The van der Waals surface area contributed by atoms with Crippen molar-refractivity contribution in [3.63, 3.8) is 0 Å². The first-order valence-corrected chi connectivity index (χ1v) is 8.50. The Kier molecular flexibility index (Phi) is 4.19. The first-order valence-electron chi connectivity index (χ1n) is 8.50. The molecule has 1 fully saturated rings. The lowest BCUT2D eigenvalue weighted by Crippen LogP contribution is -2.44. The molecule has 1 saturated heterocycles. The Morgan fingerprint density at radius 2 is 2.08 bits per heavy atom. The average molecular weight is 336 g/mol. The number of benzene rings is 1. The summed E-state index contributed by atoms with van der Waals surface area (Å²) >= 11 is 0. The van der Waals surface area contributed by atoms with Gasteiger partial charge in [-0.25, -0.2) is 4.52 Å². The van der Waals surface area contributed by atoms with E-state index < -0.39 is 0 Å². The zero-order chi connectivity index (χ0) is 17.2. The molecule has 6 heteroatoms. The Hall–Kier alpha value is -2.73. The molecule has 2 aromatic heterocycles. The van der Waals surface area contributed by atoms with Crippen LogP contribution in [0.3, 0.4) is 0 Å². The van der Waals surface area contributed by atoms with Gasteiger partial charge in [-0.15, -0.1) is 0 Å². The second kappa shape index (κ2) is 6.64. The van der Waals surface area contributed by atoms with Gasteiger partial charge in [-0.3, -0.25) is 9.78 Å². The molecule has 0 unspecified atom stereocenters. The van der Waals surface area contributed by atoms with Gasteiger partial charge >= 0.3 is 0 Å². The predicted molar refractivity (Wildman–Crippen MR) is 93.3 cm³/mol. The highest BCUT2D eigenvalue weighted by atomic mass is 16.3. The van der Waals surface area contributed by atoms with Crippen molar-refractivity contribution in [1.29, 1.82) is 0 Å². The molecule has 2 atom stereocenters. The van der Waals surface area contributed by atoms with Gasteiger partial charge in [-0.2, -0.15) is 5.10 Å². The Morgan fingerprint density at radius 1 is 1.24 bits per heavy atom. The van der Waals surface area contributed by atoms with E-state index in [1.54, 1.807) is 29.3 Å². The molecule has 1 N–H and O–H groups in total. The summed E-state index contributed by atoms with van der Waals surface area (Å²) in [6, 6.07) is 10.2. The third kappa shape index (κ3) is 2.89. The van der Waals surface area contributed by atoms with Gasteiger partial charge < -0.3 is 10.0 Å². The number of likely N-dealkylation sites (tertiary alicyclic amines) is 1. The van der Waals surface area contributed by atoms with E-state index in [2.05, 4.69) is 22.2 Å². The number of nitrogens with zero attached hydrogens (tertiary/aromatic N) is 4. The molecule has 0 spiro atoms. The fourth-order valence-electron chi connectivity index (χ4n) is 3.71. The molecule has 4 rings (SSSR count). The topological polar surface area (TPSA) is 70.7 Å².